The van der Waals surface area contributed by atoms with Crippen LogP contribution in [0.3, 0.4) is 0 Å². The zero-order chi connectivity index (χ0) is 13.7. The van der Waals surface area contributed by atoms with Crippen LogP contribution in [0.4, 0.5) is 0 Å². The number of esters is 4. The first kappa shape index (κ1) is 22.3. The van der Waals surface area contributed by atoms with Gasteiger partial charge in [0.25, 0.3) is 0 Å². The number of carbonyl (C=O) groups is 4. The number of carbonyl (C=O) groups excluding carboxylic acids is 4. The van der Waals surface area contributed by atoms with E-state index in [-0.39, 0.29) is 92.3 Å². The van der Waals surface area contributed by atoms with Crippen molar-refractivity contribution in [1.82, 2.24) is 0 Å². The van der Waals surface area contributed by atoms with Crippen molar-refractivity contribution in [3.05, 3.63) is 35.4 Å². The Kier molecular flexibility index (Phi) is 11.9. The molecule has 0 N–H and O–H groups in total. The first-order valence-electron chi connectivity index (χ1n) is 4.96. The number of ether oxygens (including phenoxy) is 2. The molecule has 102 valence electrons. The number of hydrogen-bond donors (Lipinski definition) is 0. The third-order valence-corrected chi connectivity index (χ3v) is 1.84. The van der Waals surface area contributed by atoms with Gasteiger partial charge in [-0.05, 0) is 12.1 Å². The topological polar surface area (TPSA) is 86.7 Å². The summed E-state index contributed by atoms with van der Waals surface area (Å²) in [5.41, 5.74) is -0.280. The summed E-state index contributed by atoms with van der Waals surface area (Å²) in [5, 5.41) is 0. The van der Waals surface area contributed by atoms with Crippen molar-refractivity contribution in [3.63, 3.8) is 0 Å². The fourth-order valence-corrected chi connectivity index (χ4v) is 1.21. The van der Waals surface area contributed by atoms with E-state index >= 15 is 0 Å². The summed E-state index contributed by atoms with van der Waals surface area (Å²) in [5.74, 6) is -3.54. The summed E-state index contributed by atoms with van der Waals surface area (Å²) in [7, 11) is 0. The molecule has 0 aliphatic carbocycles. The zero-order valence-electron chi connectivity index (χ0n) is 15.2. The number of rotatable bonds is 2. The van der Waals surface area contributed by atoms with E-state index in [2.05, 4.69) is 9.47 Å². The average Bonchev–Trinajstić information content (AvgIpc) is 2.27. The minimum absolute atomic E-state index is 0. The summed E-state index contributed by atoms with van der Waals surface area (Å²) in [6.45, 7) is 2.13. The summed E-state index contributed by atoms with van der Waals surface area (Å²) in [6, 6.07) is 5.56. The van der Waals surface area contributed by atoms with Gasteiger partial charge in [-0.2, -0.15) is 0 Å². The molecule has 1 rings (SSSR count). The molecule has 0 saturated carbocycles. The van der Waals surface area contributed by atoms with Crippen molar-refractivity contribution in [1.29, 1.82) is 0 Å². The van der Waals surface area contributed by atoms with Crippen LogP contribution in [-0.2, 0) is 19.1 Å². The Bertz CT molecular complexity index is 495. The molecule has 0 fully saturated rings. The Labute approximate surface area is 181 Å². The molecule has 0 radical (unpaired) electrons. The third-order valence-electron chi connectivity index (χ3n) is 1.84. The summed E-state index contributed by atoms with van der Waals surface area (Å²) < 4.78 is 8.72. The van der Waals surface area contributed by atoms with E-state index in [9.17, 15) is 19.2 Å². The molecular formula is C12H14Ca2O6. The molecule has 1 aromatic rings. The Morgan fingerprint density at radius 2 is 1.10 bits per heavy atom. The fraction of sp³-hybridized carbons (Fsp3) is 0.167. The number of benzene rings is 1. The van der Waals surface area contributed by atoms with Crippen LogP contribution in [0.15, 0.2) is 24.3 Å². The third kappa shape index (κ3) is 7.15. The van der Waals surface area contributed by atoms with Crippen molar-refractivity contribution in [2.24, 2.45) is 0 Å². The maximum Gasteiger partial charge on any atom is 2.00 e. The van der Waals surface area contributed by atoms with Gasteiger partial charge in [0.2, 0.25) is 0 Å². The van der Waals surface area contributed by atoms with E-state index in [0.717, 1.165) is 13.8 Å². The van der Waals surface area contributed by atoms with E-state index in [1.165, 1.54) is 24.3 Å². The van der Waals surface area contributed by atoms with Crippen LogP contribution in [0.25, 0.3) is 0 Å². The first-order valence-corrected chi connectivity index (χ1v) is 4.96. The molecule has 0 heterocycles. The van der Waals surface area contributed by atoms with Gasteiger partial charge in [0.15, 0.2) is 0 Å². The van der Waals surface area contributed by atoms with Crippen molar-refractivity contribution in [2.45, 2.75) is 13.8 Å². The molecule has 0 amide bonds. The molecule has 0 unspecified atom stereocenters. The quantitative estimate of drug-likeness (QED) is 0.451. The minimum Gasteiger partial charge on any atom is -1.00 e. The van der Waals surface area contributed by atoms with E-state index in [4.69, 9.17) is 0 Å². The molecule has 0 aliphatic rings. The van der Waals surface area contributed by atoms with Crippen LogP contribution < -0.4 is 0 Å². The first-order chi connectivity index (χ1) is 8.41. The van der Waals surface area contributed by atoms with Gasteiger partial charge < -0.3 is 15.2 Å². The maximum atomic E-state index is 11.5. The summed E-state index contributed by atoms with van der Waals surface area (Å²) >= 11 is 0. The van der Waals surface area contributed by atoms with E-state index in [1.807, 2.05) is 0 Å². The van der Waals surface area contributed by atoms with Crippen LogP contribution in [-0.4, -0.2) is 99.4 Å². The van der Waals surface area contributed by atoms with Crippen LogP contribution in [0, 0.1) is 0 Å². The van der Waals surface area contributed by atoms with Crippen molar-refractivity contribution in [2.75, 3.05) is 0 Å². The zero-order valence-corrected chi connectivity index (χ0v) is 15.6. The molecule has 8 heteroatoms. The molecule has 20 heavy (non-hydrogen) atoms. The molecule has 6 nitrogen and oxygen atoms in total. The normalized spacial score (nSPS) is 8.50. The van der Waals surface area contributed by atoms with Crippen molar-refractivity contribution < 1.29 is 34.4 Å². The standard InChI is InChI=1S/C12H10O6.2Ca.4H/c1-7(13)17-11(15)9-5-3-4-6-10(9)12(16)18-8(2)14;;;;;;/h3-6H,1-2H3;;;;;;/q;2*+2;4*-1. The Morgan fingerprint density at radius 3 is 1.35 bits per heavy atom. The molecule has 0 bridgehead atoms. The van der Waals surface area contributed by atoms with Crippen LogP contribution in [0.5, 0.6) is 0 Å². The predicted octanol–water partition coefficient (Wildman–Crippen LogP) is 0.782. The van der Waals surface area contributed by atoms with E-state index in [1.54, 1.807) is 0 Å². The van der Waals surface area contributed by atoms with Crippen molar-refractivity contribution >= 4 is 99.4 Å². The second-order valence-electron chi connectivity index (χ2n) is 3.31. The SMILES string of the molecule is CC(=O)OC(=O)c1ccccc1C(=O)OC(C)=O.[Ca+2].[Ca+2].[H-].[H-].[H-].[H-]. The molecule has 0 atom stereocenters. The fourth-order valence-electron chi connectivity index (χ4n) is 1.21. The van der Waals surface area contributed by atoms with Gasteiger partial charge in [-0.25, -0.2) is 9.59 Å². The predicted molar refractivity (Wildman–Crippen MR) is 74.6 cm³/mol. The van der Waals surface area contributed by atoms with Gasteiger partial charge in [-0.1, -0.05) is 12.1 Å². The molecule has 0 aromatic heterocycles. The smallest absolute Gasteiger partial charge is 1.00 e. The summed E-state index contributed by atoms with van der Waals surface area (Å²) in [4.78, 5) is 44.4. The van der Waals surface area contributed by atoms with Gasteiger partial charge in [0.05, 0.1) is 11.1 Å². The van der Waals surface area contributed by atoms with Gasteiger partial charge in [-0.3, -0.25) is 9.59 Å². The average molecular weight is 334 g/mol. The van der Waals surface area contributed by atoms with Crippen LogP contribution in [0.2, 0.25) is 0 Å². The molecular weight excluding hydrogens is 320 g/mol. The number of hydrogen-bond acceptors (Lipinski definition) is 6. The second-order valence-corrected chi connectivity index (χ2v) is 3.31. The Balaban J connectivity index is -0.000000135. The molecule has 0 spiro atoms. The minimum atomic E-state index is -0.974. The van der Waals surface area contributed by atoms with Gasteiger partial charge in [0.1, 0.15) is 0 Å². The summed E-state index contributed by atoms with van der Waals surface area (Å²) in [6.07, 6.45) is 0. The van der Waals surface area contributed by atoms with Gasteiger partial charge >= 0.3 is 99.4 Å². The van der Waals surface area contributed by atoms with E-state index < -0.39 is 23.9 Å². The second kappa shape index (κ2) is 10.7. The van der Waals surface area contributed by atoms with Gasteiger partial charge in [0, 0.05) is 13.8 Å². The Morgan fingerprint density at radius 1 is 0.800 bits per heavy atom. The molecule has 1 aromatic carbocycles. The van der Waals surface area contributed by atoms with Crippen LogP contribution in [0.1, 0.15) is 40.3 Å². The maximum absolute atomic E-state index is 11.5. The monoisotopic (exact) mass is 334 g/mol. The van der Waals surface area contributed by atoms with E-state index in [0.29, 0.717) is 0 Å². The largest absolute Gasteiger partial charge is 2.00 e. The van der Waals surface area contributed by atoms with Crippen LogP contribution >= 0.6 is 0 Å². The van der Waals surface area contributed by atoms with Gasteiger partial charge in [-0.15, -0.1) is 0 Å². The Hall–Kier alpha value is 0.0195. The molecule has 0 saturated heterocycles. The van der Waals surface area contributed by atoms with Crippen molar-refractivity contribution in [3.8, 4) is 0 Å². The molecule has 0 aliphatic heterocycles.